The lowest BCUT2D eigenvalue weighted by Gasteiger charge is -2.13. The molecule has 7 nitrogen and oxygen atoms in total. The minimum Gasteiger partial charge on any atom is -0.504 e. The number of nitrogens with zero attached hydrogens (tertiary/aromatic N) is 2. The van der Waals surface area contributed by atoms with E-state index in [1.165, 1.54) is 18.3 Å². The van der Waals surface area contributed by atoms with Crippen molar-refractivity contribution in [2.24, 2.45) is 0 Å². The van der Waals surface area contributed by atoms with Crippen LogP contribution in [0, 0.1) is 5.82 Å². The molecule has 0 fully saturated rings. The monoisotopic (exact) mass is 431 g/mol. The largest absolute Gasteiger partial charge is 0.504 e. The molecule has 0 aliphatic heterocycles. The second-order valence-corrected chi connectivity index (χ2v) is 7.01. The summed E-state index contributed by atoms with van der Waals surface area (Å²) in [5.41, 5.74) is 1.72. The van der Waals surface area contributed by atoms with Crippen molar-refractivity contribution in [3.8, 4) is 5.75 Å². The normalized spacial score (nSPS) is 10.7. The number of hydrogen-bond acceptors (Lipinski definition) is 6. The van der Waals surface area contributed by atoms with Crippen molar-refractivity contribution in [3.63, 3.8) is 0 Å². The van der Waals surface area contributed by atoms with Crippen LogP contribution >= 0.6 is 0 Å². The van der Waals surface area contributed by atoms with Gasteiger partial charge < -0.3 is 15.2 Å². The molecule has 4 aromatic rings. The number of pyridine rings is 2. The predicted molar refractivity (Wildman–Crippen MR) is 116 cm³/mol. The second kappa shape index (κ2) is 8.81. The molecule has 0 aliphatic rings. The number of carbonyl (C=O) groups is 2. The van der Waals surface area contributed by atoms with Gasteiger partial charge in [0.15, 0.2) is 11.4 Å². The topological polar surface area (TPSA) is 101 Å². The molecule has 2 N–H and O–H groups in total. The van der Waals surface area contributed by atoms with E-state index in [0.717, 1.165) is 18.2 Å². The van der Waals surface area contributed by atoms with Gasteiger partial charge in [-0.3, -0.25) is 9.78 Å². The van der Waals surface area contributed by atoms with Gasteiger partial charge in [0, 0.05) is 17.1 Å². The number of amides is 1. The molecule has 4 rings (SSSR count). The highest BCUT2D eigenvalue weighted by Gasteiger charge is 2.22. The van der Waals surface area contributed by atoms with Crippen LogP contribution in [0.1, 0.15) is 32.0 Å². The third kappa shape index (κ3) is 4.24. The van der Waals surface area contributed by atoms with Crippen molar-refractivity contribution in [2.45, 2.75) is 6.42 Å². The minimum atomic E-state index is -0.864. The van der Waals surface area contributed by atoms with Gasteiger partial charge >= 0.3 is 5.97 Å². The Hall–Kier alpha value is -4.33. The average Bonchev–Trinajstić information content (AvgIpc) is 2.82. The molecule has 0 unspecified atom stereocenters. The maximum absolute atomic E-state index is 13.2. The van der Waals surface area contributed by atoms with Crippen LogP contribution in [0.3, 0.4) is 0 Å². The van der Waals surface area contributed by atoms with Crippen LogP contribution in [0.2, 0.25) is 0 Å². The Morgan fingerprint density at radius 2 is 1.78 bits per heavy atom. The maximum Gasteiger partial charge on any atom is 0.360 e. The molecule has 0 radical (unpaired) electrons. The number of anilines is 1. The van der Waals surface area contributed by atoms with Crippen LogP contribution < -0.4 is 5.32 Å². The van der Waals surface area contributed by atoms with Gasteiger partial charge in [0.1, 0.15) is 17.2 Å². The Labute approximate surface area is 182 Å². The Morgan fingerprint density at radius 3 is 2.47 bits per heavy atom. The Kier molecular flexibility index (Phi) is 5.76. The highest BCUT2D eigenvalue weighted by atomic mass is 19.1. The number of rotatable bonds is 5. The summed E-state index contributed by atoms with van der Waals surface area (Å²) in [4.78, 5) is 33.3. The van der Waals surface area contributed by atoms with E-state index in [1.54, 1.807) is 48.5 Å². The van der Waals surface area contributed by atoms with Gasteiger partial charge in [-0.2, -0.15) is 0 Å². The Bertz CT molecular complexity index is 1310. The van der Waals surface area contributed by atoms with Gasteiger partial charge in [-0.05, 0) is 47.9 Å². The third-order valence-electron chi connectivity index (χ3n) is 4.84. The van der Waals surface area contributed by atoms with E-state index >= 15 is 0 Å². The van der Waals surface area contributed by atoms with Gasteiger partial charge in [-0.1, -0.05) is 30.3 Å². The molecule has 0 saturated heterocycles. The van der Waals surface area contributed by atoms with Crippen LogP contribution in [0.25, 0.3) is 10.9 Å². The second-order valence-electron chi connectivity index (χ2n) is 7.01. The van der Waals surface area contributed by atoms with Crippen molar-refractivity contribution in [3.05, 3.63) is 95.1 Å². The molecule has 0 aliphatic carbocycles. The molecule has 0 bridgehead atoms. The summed E-state index contributed by atoms with van der Waals surface area (Å²) in [6.07, 6.45) is 1.98. The molecule has 0 spiro atoms. The number of aromatic nitrogens is 2. The molecular formula is C24H18FN3O4. The number of carbonyl (C=O) groups excluding carboxylic acids is 2. The maximum atomic E-state index is 13.2. The average molecular weight is 431 g/mol. The highest BCUT2D eigenvalue weighted by molar-refractivity contribution is 6.10. The van der Waals surface area contributed by atoms with Gasteiger partial charge in [0.2, 0.25) is 0 Å². The van der Waals surface area contributed by atoms with E-state index < -0.39 is 17.6 Å². The van der Waals surface area contributed by atoms with Crippen molar-refractivity contribution in [1.82, 2.24) is 9.97 Å². The number of esters is 1. The van der Waals surface area contributed by atoms with E-state index in [0.29, 0.717) is 17.4 Å². The van der Waals surface area contributed by atoms with Crippen LogP contribution in [0.15, 0.2) is 66.9 Å². The van der Waals surface area contributed by atoms with Crippen molar-refractivity contribution >= 4 is 28.6 Å². The molecule has 2 aromatic heterocycles. The third-order valence-corrected chi connectivity index (χ3v) is 4.84. The summed E-state index contributed by atoms with van der Waals surface area (Å²) in [6.45, 7) is 0. The standard InChI is InChI=1S/C24H18FN3O4/c1-32-24(31)20-21(29)19-18(22(27-20)28-23(30)16-5-3-2-4-6-16)12-15(13-26-19)11-14-7-9-17(25)10-8-14/h2-10,12-13,29H,11H2,1H3,(H,27,28,30). The van der Waals surface area contributed by atoms with Crippen molar-refractivity contribution in [1.29, 1.82) is 0 Å². The number of hydrogen-bond donors (Lipinski definition) is 2. The molecule has 2 heterocycles. The molecule has 160 valence electrons. The zero-order valence-corrected chi connectivity index (χ0v) is 17.0. The van der Waals surface area contributed by atoms with Gasteiger partial charge in [-0.15, -0.1) is 0 Å². The van der Waals surface area contributed by atoms with Crippen LogP contribution in [0.5, 0.6) is 5.75 Å². The zero-order chi connectivity index (χ0) is 22.7. The van der Waals surface area contributed by atoms with Crippen LogP contribution in [-0.2, 0) is 11.2 Å². The predicted octanol–water partition coefficient (Wildman–Crippen LogP) is 4.10. The number of ether oxygens (including phenoxy) is 1. The minimum absolute atomic E-state index is 0.0560. The molecule has 1 amide bonds. The fourth-order valence-corrected chi connectivity index (χ4v) is 3.25. The summed E-state index contributed by atoms with van der Waals surface area (Å²) in [6, 6.07) is 16.3. The van der Waals surface area contributed by atoms with E-state index in [4.69, 9.17) is 4.74 Å². The number of methoxy groups -OCH3 is 1. The SMILES string of the molecule is COC(=O)c1nc(NC(=O)c2ccccc2)c2cc(Cc3ccc(F)cc3)cnc2c1O. The quantitative estimate of drug-likeness (QED) is 0.461. The van der Waals surface area contributed by atoms with E-state index in [9.17, 15) is 19.1 Å². The molecule has 0 atom stereocenters. The Balaban J connectivity index is 1.80. The van der Waals surface area contributed by atoms with E-state index in [1.807, 2.05) is 0 Å². The lowest BCUT2D eigenvalue weighted by Crippen LogP contribution is -2.15. The first kappa shape index (κ1) is 20.9. The molecule has 2 aromatic carbocycles. The van der Waals surface area contributed by atoms with Crippen molar-refractivity contribution in [2.75, 3.05) is 12.4 Å². The molecular weight excluding hydrogens is 413 g/mol. The van der Waals surface area contributed by atoms with E-state index in [-0.39, 0.29) is 22.8 Å². The van der Waals surface area contributed by atoms with Gasteiger partial charge in [0.25, 0.3) is 5.91 Å². The lowest BCUT2D eigenvalue weighted by molar-refractivity contribution is 0.0590. The number of benzene rings is 2. The summed E-state index contributed by atoms with van der Waals surface area (Å²) < 4.78 is 17.9. The summed E-state index contributed by atoms with van der Waals surface area (Å²) >= 11 is 0. The van der Waals surface area contributed by atoms with Crippen LogP contribution in [0.4, 0.5) is 10.2 Å². The number of halogens is 1. The molecule has 32 heavy (non-hydrogen) atoms. The first-order valence-electron chi connectivity index (χ1n) is 9.67. The van der Waals surface area contributed by atoms with Crippen molar-refractivity contribution < 1.29 is 23.8 Å². The Morgan fingerprint density at radius 1 is 1.06 bits per heavy atom. The number of fused-ring (bicyclic) bond motifs is 1. The zero-order valence-electron chi connectivity index (χ0n) is 17.0. The fraction of sp³-hybridized carbons (Fsp3) is 0.0833. The van der Waals surface area contributed by atoms with E-state index in [2.05, 4.69) is 15.3 Å². The lowest BCUT2D eigenvalue weighted by atomic mass is 10.0. The molecule has 0 saturated carbocycles. The first-order chi connectivity index (χ1) is 15.5. The summed E-state index contributed by atoms with van der Waals surface area (Å²) in [5.74, 6) is -2.03. The smallest absolute Gasteiger partial charge is 0.360 e. The van der Waals surface area contributed by atoms with Gasteiger partial charge in [0.05, 0.1) is 7.11 Å². The fourth-order valence-electron chi connectivity index (χ4n) is 3.25. The number of aromatic hydroxyl groups is 1. The van der Waals surface area contributed by atoms with Crippen LogP contribution in [-0.4, -0.2) is 34.1 Å². The highest BCUT2D eigenvalue weighted by Crippen LogP contribution is 2.32. The van der Waals surface area contributed by atoms with Gasteiger partial charge in [-0.25, -0.2) is 14.2 Å². The first-order valence-corrected chi connectivity index (χ1v) is 9.67. The number of nitrogens with one attached hydrogen (secondary N) is 1. The summed E-state index contributed by atoms with van der Waals surface area (Å²) in [7, 11) is 1.16. The molecule has 8 heteroatoms. The summed E-state index contributed by atoms with van der Waals surface area (Å²) in [5, 5.41) is 13.6.